The minimum Gasteiger partial charge on any atom is -0.251 e. The summed E-state index contributed by atoms with van der Waals surface area (Å²) in [4.78, 5) is 17.0. The minimum atomic E-state index is -0.146. The molecule has 5 nitrogen and oxygen atoms in total. The Balaban J connectivity index is 2.99. The van der Waals surface area contributed by atoms with E-state index in [1.165, 1.54) is 12.4 Å². The first-order valence-electron chi connectivity index (χ1n) is 2.80. The molecule has 0 aliphatic rings. The molecule has 0 aromatic carbocycles. The quantitative estimate of drug-likeness (QED) is 0.449. The van der Waals surface area contributed by atoms with Gasteiger partial charge in [-0.1, -0.05) is 4.98 Å². The lowest BCUT2D eigenvalue weighted by molar-refractivity contribution is -0.580. The standard InChI is InChI=1S/C5H4N4O/c10-4-1-2-9-5(8-4)6-3-7-9/h1-3H,(H,6,7,8,10)/p+1. The fourth-order valence-corrected chi connectivity index (χ4v) is 0.776. The number of nitrogens with zero attached hydrogens (tertiary/aromatic N) is 2. The normalized spacial score (nSPS) is 10.4. The number of aromatic nitrogens is 4. The van der Waals surface area contributed by atoms with Crippen LogP contribution in [0, 0.1) is 0 Å². The lowest BCUT2D eigenvalue weighted by Crippen LogP contribution is -2.27. The second-order valence-corrected chi connectivity index (χ2v) is 1.89. The van der Waals surface area contributed by atoms with Gasteiger partial charge in [0, 0.05) is 0 Å². The summed E-state index contributed by atoms with van der Waals surface area (Å²) in [6.45, 7) is 0. The highest BCUT2D eigenvalue weighted by Gasteiger charge is 2.00. The summed E-state index contributed by atoms with van der Waals surface area (Å²) >= 11 is 0. The summed E-state index contributed by atoms with van der Waals surface area (Å²) in [5, 5.41) is 2.78. The van der Waals surface area contributed by atoms with Crippen LogP contribution in [0.4, 0.5) is 0 Å². The fraction of sp³-hybridized carbons (Fsp3) is 0. The molecule has 50 valence electrons. The maximum atomic E-state index is 10.7. The number of aromatic amines is 2. The lowest BCUT2D eigenvalue weighted by Gasteiger charge is -1.77. The summed E-state index contributed by atoms with van der Waals surface area (Å²) in [6.07, 6.45) is 3.12. The van der Waals surface area contributed by atoms with E-state index in [2.05, 4.69) is 15.1 Å². The van der Waals surface area contributed by atoms with E-state index in [0.29, 0.717) is 5.78 Å². The van der Waals surface area contributed by atoms with Gasteiger partial charge in [-0.15, -0.1) is 4.52 Å². The van der Waals surface area contributed by atoms with Crippen LogP contribution in [0.2, 0.25) is 0 Å². The van der Waals surface area contributed by atoms with Crippen molar-refractivity contribution in [3.8, 4) is 0 Å². The number of rotatable bonds is 0. The van der Waals surface area contributed by atoms with Gasteiger partial charge in [0.15, 0.2) is 6.33 Å². The molecular weight excluding hydrogens is 132 g/mol. The smallest absolute Gasteiger partial charge is 0.251 e. The molecule has 0 fully saturated rings. The average Bonchev–Trinajstić information content (AvgIpc) is 2.33. The highest BCUT2D eigenvalue weighted by Crippen LogP contribution is 1.73. The fourth-order valence-electron chi connectivity index (χ4n) is 0.776. The van der Waals surface area contributed by atoms with Crippen LogP contribution in [-0.4, -0.2) is 15.1 Å². The van der Waals surface area contributed by atoms with Crippen LogP contribution >= 0.6 is 0 Å². The first kappa shape index (κ1) is 5.16. The van der Waals surface area contributed by atoms with Gasteiger partial charge in [-0.3, -0.25) is 4.79 Å². The van der Waals surface area contributed by atoms with Crippen LogP contribution in [0.1, 0.15) is 0 Å². The molecule has 10 heavy (non-hydrogen) atoms. The van der Waals surface area contributed by atoms with Gasteiger partial charge in [-0.25, -0.2) is 10.1 Å². The molecule has 0 aliphatic heterocycles. The monoisotopic (exact) mass is 137 g/mol. The van der Waals surface area contributed by atoms with E-state index in [9.17, 15) is 4.79 Å². The number of hydrogen-bond donors (Lipinski definition) is 2. The van der Waals surface area contributed by atoms with E-state index in [-0.39, 0.29) is 5.56 Å². The van der Waals surface area contributed by atoms with E-state index in [0.717, 1.165) is 0 Å². The second-order valence-electron chi connectivity index (χ2n) is 1.89. The van der Waals surface area contributed by atoms with E-state index < -0.39 is 0 Å². The molecule has 0 saturated heterocycles. The molecule has 0 bridgehead atoms. The van der Waals surface area contributed by atoms with Crippen molar-refractivity contribution in [2.24, 2.45) is 0 Å². The Labute approximate surface area is 55.3 Å². The molecular formula is C5H5N4O+. The van der Waals surface area contributed by atoms with Crippen molar-refractivity contribution < 1.29 is 4.52 Å². The number of nitrogens with one attached hydrogen (secondary N) is 2. The zero-order chi connectivity index (χ0) is 6.97. The van der Waals surface area contributed by atoms with Crippen LogP contribution in [0.3, 0.4) is 0 Å². The Bertz CT molecular complexity index is 401. The van der Waals surface area contributed by atoms with Gasteiger partial charge in [0.2, 0.25) is 0 Å². The average molecular weight is 137 g/mol. The highest BCUT2D eigenvalue weighted by molar-refractivity contribution is 5.10. The number of fused-ring (bicyclic) bond motifs is 1. The van der Waals surface area contributed by atoms with Crippen molar-refractivity contribution in [3.05, 3.63) is 28.9 Å². The van der Waals surface area contributed by atoms with Crippen molar-refractivity contribution in [2.75, 3.05) is 0 Å². The van der Waals surface area contributed by atoms with Gasteiger partial charge in [-0.2, -0.15) is 0 Å². The summed E-state index contributed by atoms with van der Waals surface area (Å²) in [7, 11) is 0. The third kappa shape index (κ3) is 0.604. The zero-order valence-corrected chi connectivity index (χ0v) is 5.03. The molecule has 2 heterocycles. The molecule has 5 heteroatoms. The third-order valence-electron chi connectivity index (χ3n) is 1.22. The summed E-state index contributed by atoms with van der Waals surface area (Å²) in [5.74, 6) is 0.521. The lowest BCUT2D eigenvalue weighted by atomic mass is 10.7. The predicted octanol–water partition coefficient (Wildman–Crippen LogP) is -1.16. The molecule has 0 spiro atoms. The second kappa shape index (κ2) is 1.66. The Hall–Kier alpha value is -1.65. The number of hydrogen-bond acceptors (Lipinski definition) is 2. The van der Waals surface area contributed by atoms with Crippen LogP contribution in [0.15, 0.2) is 23.4 Å². The molecule has 0 unspecified atom stereocenters. The Morgan fingerprint density at radius 1 is 1.60 bits per heavy atom. The Morgan fingerprint density at radius 2 is 2.50 bits per heavy atom. The highest BCUT2D eigenvalue weighted by atomic mass is 16.1. The van der Waals surface area contributed by atoms with E-state index in [1.807, 2.05) is 0 Å². The van der Waals surface area contributed by atoms with Crippen molar-refractivity contribution in [1.82, 2.24) is 15.1 Å². The number of H-pyrrole nitrogens is 2. The van der Waals surface area contributed by atoms with Gasteiger partial charge in [0.1, 0.15) is 0 Å². The van der Waals surface area contributed by atoms with Gasteiger partial charge in [-0.05, 0) is 0 Å². The van der Waals surface area contributed by atoms with Crippen molar-refractivity contribution in [3.63, 3.8) is 0 Å². The van der Waals surface area contributed by atoms with E-state index in [4.69, 9.17) is 0 Å². The van der Waals surface area contributed by atoms with Gasteiger partial charge in [0.25, 0.3) is 0 Å². The predicted molar refractivity (Wildman–Crippen MR) is 32.4 cm³/mol. The van der Waals surface area contributed by atoms with Gasteiger partial charge >= 0.3 is 11.3 Å². The Morgan fingerprint density at radius 3 is 3.40 bits per heavy atom. The molecule has 2 N–H and O–H groups in total. The SMILES string of the molecule is O=c1cc[n+]2[nH]cnc2[nH]1. The first-order chi connectivity index (χ1) is 4.86. The van der Waals surface area contributed by atoms with Crippen molar-refractivity contribution >= 4 is 5.78 Å². The van der Waals surface area contributed by atoms with Crippen molar-refractivity contribution in [2.45, 2.75) is 0 Å². The third-order valence-corrected chi connectivity index (χ3v) is 1.22. The van der Waals surface area contributed by atoms with Gasteiger partial charge < -0.3 is 0 Å². The molecule has 0 saturated carbocycles. The summed E-state index contributed by atoms with van der Waals surface area (Å²) in [6, 6.07) is 1.42. The van der Waals surface area contributed by atoms with E-state index >= 15 is 0 Å². The van der Waals surface area contributed by atoms with Gasteiger partial charge in [0.05, 0.1) is 12.3 Å². The summed E-state index contributed by atoms with van der Waals surface area (Å²) in [5.41, 5.74) is -0.146. The van der Waals surface area contributed by atoms with Crippen LogP contribution in [-0.2, 0) is 0 Å². The first-order valence-corrected chi connectivity index (χ1v) is 2.80. The van der Waals surface area contributed by atoms with Crippen molar-refractivity contribution in [1.29, 1.82) is 0 Å². The molecule has 0 radical (unpaired) electrons. The topological polar surface area (TPSA) is 65.6 Å². The molecule has 2 rings (SSSR count). The molecule has 0 atom stereocenters. The minimum absolute atomic E-state index is 0.146. The van der Waals surface area contributed by atoms with E-state index in [1.54, 1.807) is 10.7 Å². The zero-order valence-electron chi connectivity index (χ0n) is 5.03. The Kier molecular flexibility index (Phi) is 0.858. The molecule has 2 aromatic heterocycles. The van der Waals surface area contributed by atoms with Crippen LogP contribution in [0.25, 0.3) is 5.78 Å². The summed E-state index contributed by atoms with van der Waals surface area (Å²) < 4.78 is 1.61. The van der Waals surface area contributed by atoms with Crippen LogP contribution < -0.4 is 10.1 Å². The van der Waals surface area contributed by atoms with Crippen LogP contribution in [0.5, 0.6) is 0 Å². The maximum Gasteiger partial charge on any atom is 0.423 e. The largest absolute Gasteiger partial charge is 0.423 e. The molecule has 0 aliphatic carbocycles. The molecule has 2 aromatic rings. The molecule has 0 amide bonds. The maximum absolute atomic E-state index is 10.7.